The van der Waals surface area contributed by atoms with E-state index in [0.29, 0.717) is 6.42 Å². The van der Waals surface area contributed by atoms with Crippen molar-refractivity contribution in [1.29, 1.82) is 0 Å². The third-order valence-corrected chi connectivity index (χ3v) is 2.03. The zero-order chi connectivity index (χ0) is 9.14. The van der Waals surface area contributed by atoms with Crippen molar-refractivity contribution in [3.05, 3.63) is 0 Å². The van der Waals surface area contributed by atoms with Crippen LogP contribution < -0.4 is 0 Å². The topological polar surface area (TPSA) is 44.8 Å². The van der Waals surface area contributed by atoms with E-state index in [2.05, 4.69) is 0 Å². The van der Waals surface area contributed by atoms with E-state index in [4.69, 9.17) is 14.2 Å². The molecule has 0 aromatic heterocycles. The lowest BCUT2D eigenvalue weighted by atomic mass is 10.1. The van der Waals surface area contributed by atoms with Crippen molar-refractivity contribution in [3.63, 3.8) is 0 Å². The van der Waals surface area contributed by atoms with Crippen LogP contribution in [0.5, 0.6) is 0 Å². The van der Waals surface area contributed by atoms with Crippen LogP contribution >= 0.6 is 0 Å². The number of hydrogen-bond acceptors (Lipinski definition) is 4. The van der Waals surface area contributed by atoms with Gasteiger partial charge in [-0.05, 0) is 6.92 Å². The van der Waals surface area contributed by atoms with Gasteiger partial charge in [0.05, 0.1) is 0 Å². The first-order chi connectivity index (χ1) is 5.69. The van der Waals surface area contributed by atoms with Gasteiger partial charge in [-0.25, -0.2) is 0 Å². The molecule has 1 fully saturated rings. The standard InChI is InChI=1S/C8H14O4/c1-5-6(9)4-7(10-2)8(11-3)12-5/h5,7-8H,4H2,1-3H3. The highest BCUT2D eigenvalue weighted by molar-refractivity contribution is 5.83. The lowest BCUT2D eigenvalue weighted by Crippen LogP contribution is -2.45. The van der Waals surface area contributed by atoms with Crippen molar-refractivity contribution in [3.8, 4) is 0 Å². The van der Waals surface area contributed by atoms with Crippen LogP contribution in [0.15, 0.2) is 0 Å². The van der Waals surface area contributed by atoms with Gasteiger partial charge in [-0.2, -0.15) is 0 Å². The van der Waals surface area contributed by atoms with Crippen LogP contribution in [-0.2, 0) is 19.0 Å². The van der Waals surface area contributed by atoms with Crippen molar-refractivity contribution < 1.29 is 19.0 Å². The SMILES string of the molecule is COC1CC(=O)C(C)OC1OC. The largest absolute Gasteiger partial charge is 0.376 e. The summed E-state index contributed by atoms with van der Waals surface area (Å²) in [6, 6.07) is 0. The molecule has 0 aromatic carbocycles. The summed E-state index contributed by atoms with van der Waals surface area (Å²) in [4.78, 5) is 11.2. The molecule has 12 heavy (non-hydrogen) atoms. The third kappa shape index (κ3) is 1.83. The number of rotatable bonds is 2. The van der Waals surface area contributed by atoms with Gasteiger partial charge < -0.3 is 14.2 Å². The highest BCUT2D eigenvalue weighted by Gasteiger charge is 2.34. The minimum atomic E-state index is -0.414. The fraction of sp³-hybridized carbons (Fsp3) is 0.875. The Bertz CT molecular complexity index is 168. The molecule has 0 aliphatic carbocycles. The fourth-order valence-corrected chi connectivity index (χ4v) is 1.23. The maximum Gasteiger partial charge on any atom is 0.184 e. The Morgan fingerprint density at radius 3 is 2.58 bits per heavy atom. The summed E-state index contributed by atoms with van der Waals surface area (Å²) >= 11 is 0. The van der Waals surface area contributed by atoms with Gasteiger partial charge >= 0.3 is 0 Å². The predicted octanol–water partition coefficient (Wildman–Crippen LogP) is 0.352. The molecule has 1 aliphatic heterocycles. The number of methoxy groups -OCH3 is 2. The zero-order valence-electron chi connectivity index (χ0n) is 7.57. The molecule has 3 atom stereocenters. The van der Waals surface area contributed by atoms with Crippen molar-refractivity contribution in [2.24, 2.45) is 0 Å². The Labute approximate surface area is 71.8 Å². The van der Waals surface area contributed by atoms with Gasteiger partial charge in [0.1, 0.15) is 12.2 Å². The van der Waals surface area contributed by atoms with E-state index < -0.39 is 6.29 Å². The number of carbonyl (C=O) groups excluding carboxylic acids is 1. The first-order valence-corrected chi connectivity index (χ1v) is 3.92. The van der Waals surface area contributed by atoms with Gasteiger partial charge in [-0.15, -0.1) is 0 Å². The Morgan fingerprint density at radius 2 is 2.08 bits per heavy atom. The summed E-state index contributed by atoms with van der Waals surface area (Å²) in [5.41, 5.74) is 0. The maximum absolute atomic E-state index is 11.2. The smallest absolute Gasteiger partial charge is 0.184 e. The lowest BCUT2D eigenvalue weighted by molar-refractivity contribution is -0.225. The number of ketones is 1. The molecule has 1 rings (SSSR count). The molecule has 3 unspecified atom stereocenters. The lowest BCUT2D eigenvalue weighted by Gasteiger charge is -2.31. The average molecular weight is 174 g/mol. The molecule has 0 saturated carbocycles. The second kappa shape index (κ2) is 3.98. The molecule has 4 nitrogen and oxygen atoms in total. The van der Waals surface area contributed by atoms with Gasteiger partial charge in [0.25, 0.3) is 0 Å². The van der Waals surface area contributed by atoms with Crippen molar-refractivity contribution in [2.75, 3.05) is 14.2 Å². The Hall–Kier alpha value is -0.450. The summed E-state index contributed by atoms with van der Waals surface area (Å²) in [5.74, 6) is 0.0650. The van der Waals surface area contributed by atoms with Crippen LogP contribution in [0.1, 0.15) is 13.3 Å². The molecule has 1 aliphatic rings. The molecular formula is C8H14O4. The molecule has 0 N–H and O–H groups in total. The van der Waals surface area contributed by atoms with Crippen LogP contribution in [0, 0.1) is 0 Å². The molecule has 0 bridgehead atoms. The summed E-state index contributed by atoms with van der Waals surface area (Å²) in [6.45, 7) is 1.72. The first kappa shape index (κ1) is 9.64. The molecule has 0 radical (unpaired) electrons. The normalized spacial score (nSPS) is 36.9. The predicted molar refractivity (Wildman–Crippen MR) is 41.8 cm³/mol. The number of Topliss-reactive ketones (excluding diaryl/α,β-unsaturated/α-hetero) is 1. The van der Waals surface area contributed by atoms with Crippen LogP contribution in [0.3, 0.4) is 0 Å². The number of ether oxygens (including phenoxy) is 3. The molecule has 1 heterocycles. The second-order valence-electron chi connectivity index (χ2n) is 2.83. The first-order valence-electron chi connectivity index (χ1n) is 3.92. The minimum absolute atomic E-state index is 0.0650. The number of hydrogen-bond donors (Lipinski definition) is 0. The molecular weight excluding hydrogens is 160 g/mol. The van der Waals surface area contributed by atoms with Gasteiger partial charge in [0.2, 0.25) is 0 Å². The Kier molecular flexibility index (Phi) is 3.20. The molecule has 0 amide bonds. The van der Waals surface area contributed by atoms with Gasteiger partial charge in [0, 0.05) is 20.6 Å². The van der Waals surface area contributed by atoms with Gasteiger partial charge in [-0.1, -0.05) is 0 Å². The van der Waals surface area contributed by atoms with E-state index in [1.165, 1.54) is 0 Å². The second-order valence-corrected chi connectivity index (χ2v) is 2.83. The fourth-order valence-electron chi connectivity index (χ4n) is 1.23. The van der Waals surface area contributed by atoms with E-state index in [0.717, 1.165) is 0 Å². The Morgan fingerprint density at radius 1 is 1.42 bits per heavy atom. The van der Waals surface area contributed by atoms with Crippen molar-refractivity contribution >= 4 is 5.78 Å². The summed E-state index contributed by atoms with van der Waals surface area (Å²) in [7, 11) is 3.09. The Balaban J connectivity index is 2.58. The van der Waals surface area contributed by atoms with Crippen molar-refractivity contribution in [1.82, 2.24) is 0 Å². The van der Waals surface area contributed by atoms with E-state index in [1.807, 2.05) is 0 Å². The maximum atomic E-state index is 11.2. The summed E-state index contributed by atoms with van der Waals surface area (Å²) in [5, 5.41) is 0. The van der Waals surface area contributed by atoms with Gasteiger partial charge in [0.15, 0.2) is 12.1 Å². The van der Waals surface area contributed by atoms with E-state index in [1.54, 1.807) is 21.1 Å². The molecule has 0 aromatic rings. The highest BCUT2D eigenvalue weighted by atomic mass is 16.7. The summed E-state index contributed by atoms with van der Waals surface area (Å²) < 4.78 is 15.3. The van der Waals surface area contributed by atoms with Gasteiger partial charge in [-0.3, -0.25) is 4.79 Å². The molecule has 70 valence electrons. The van der Waals surface area contributed by atoms with E-state index in [-0.39, 0.29) is 18.0 Å². The molecule has 4 heteroatoms. The summed E-state index contributed by atoms with van der Waals surface area (Å²) in [6.07, 6.45) is -0.682. The van der Waals surface area contributed by atoms with Crippen LogP contribution in [-0.4, -0.2) is 38.5 Å². The minimum Gasteiger partial charge on any atom is -0.376 e. The van der Waals surface area contributed by atoms with Crippen LogP contribution in [0.4, 0.5) is 0 Å². The van der Waals surface area contributed by atoms with E-state index >= 15 is 0 Å². The molecule has 1 saturated heterocycles. The molecule has 0 spiro atoms. The van der Waals surface area contributed by atoms with E-state index in [9.17, 15) is 4.79 Å². The van der Waals surface area contributed by atoms with Crippen molar-refractivity contribution in [2.45, 2.75) is 31.8 Å². The number of carbonyl (C=O) groups is 1. The third-order valence-electron chi connectivity index (χ3n) is 2.03. The quantitative estimate of drug-likeness (QED) is 0.606. The van der Waals surface area contributed by atoms with Crippen LogP contribution in [0.2, 0.25) is 0 Å². The van der Waals surface area contributed by atoms with Crippen LogP contribution in [0.25, 0.3) is 0 Å². The average Bonchev–Trinajstić information content (AvgIpc) is 2.09. The monoisotopic (exact) mass is 174 g/mol. The highest BCUT2D eigenvalue weighted by Crippen LogP contribution is 2.19. The zero-order valence-corrected chi connectivity index (χ0v) is 7.57.